The molecule has 0 aliphatic carbocycles. The fourth-order valence-electron chi connectivity index (χ4n) is 2.39. The van der Waals surface area contributed by atoms with E-state index in [1.54, 1.807) is 56.3 Å². The molecule has 0 unspecified atom stereocenters. The third-order valence-electron chi connectivity index (χ3n) is 3.79. The van der Waals surface area contributed by atoms with Crippen LogP contribution in [0.1, 0.15) is 18.1 Å². The highest BCUT2D eigenvalue weighted by molar-refractivity contribution is 7.92. The van der Waals surface area contributed by atoms with Crippen LogP contribution in [0, 0.1) is 25.2 Å². The van der Waals surface area contributed by atoms with Crippen molar-refractivity contribution in [3.05, 3.63) is 65.4 Å². The average molecular weight is 399 g/mol. The van der Waals surface area contributed by atoms with E-state index in [1.807, 2.05) is 13.0 Å². The zero-order valence-corrected chi connectivity index (χ0v) is 16.6. The van der Waals surface area contributed by atoms with Crippen LogP contribution in [-0.2, 0) is 19.6 Å². The average Bonchev–Trinajstić information content (AvgIpc) is 2.65. The number of nitriles is 1. The lowest BCUT2D eigenvalue weighted by Crippen LogP contribution is -2.15. The molecule has 0 radical (unpaired) electrons. The molecule has 0 aliphatic heterocycles. The number of ether oxygens (including phenoxy) is 1. The molecule has 146 valence electrons. The van der Waals surface area contributed by atoms with E-state index in [0.717, 1.165) is 5.56 Å². The van der Waals surface area contributed by atoms with Crippen LogP contribution in [0.15, 0.2) is 59.1 Å². The molecule has 8 heteroatoms. The Hall–Kier alpha value is -3.31. The maximum absolute atomic E-state index is 12.8. The number of benzene rings is 2. The summed E-state index contributed by atoms with van der Waals surface area (Å²) in [5.74, 6) is -0.758. The van der Waals surface area contributed by atoms with Gasteiger partial charge in [-0.2, -0.15) is 5.26 Å². The largest absolute Gasteiger partial charge is 0.462 e. The van der Waals surface area contributed by atoms with E-state index >= 15 is 0 Å². The van der Waals surface area contributed by atoms with Crippen molar-refractivity contribution in [3.63, 3.8) is 0 Å². The van der Waals surface area contributed by atoms with Crippen molar-refractivity contribution in [3.8, 4) is 6.07 Å². The van der Waals surface area contributed by atoms with Gasteiger partial charge in [-0.1, -0.05) is 24.3 Å². The number of nitrogens with one attached hydrogen (secondary N) is 2. The zero-order chi connectivity index (χ0) is 20.7. The summed E-state index contributed by atoms with van der Waals surface area (Å²) in [4.78, 5) is 11.9. The minimum Gasteiger partial charge on any atom is -0.462 e. The molecule has 0 saturated carbocycles. The minimum atomic E-state index is -3.83. The van der Waals surface area contributed by atoms with Gasteiger partial charge in [0.25, 0.3) is 10.0 Å². The molecule has 0 aliphatic rings. The Labute approximate surface area is 164 Å². The minimum absolute atomic E-state index is 0.143. The van der Waals surface area contributed by atoms with E-state index in [0.29, 0.717) is 11.3 Å². The zero-order valence-electron chi connectivity index (χ0n) is 15.8. The van der Waals surface area contributed by atoms with E-state index in [4.69, 9.17) is 10.00 Å². The molecule has 0 heterocycles. The van der Waals surface area contributed by atoms with Crippen LogP contribution in [0.3, 0.4) is 0 Å². The van der Waals surface area contributed by atoms with Crippen LogP contribution < -0.4 is 10.0 Å². The van der Waals surface area contributed by atoms with Gasteiger partial charge in [0.2, 0.25) is 0 Å². The highest BCUT2D eigenvalue weighted by atomic mass is 32.2. The predicted octanol–water partition coefficient (Wildman–Crippen LogP) is 3.49. The Balaban J connectivity index is 2.33. The Kier molecular flexibility index (Phi) is 6.79. The second-order valence-corrected chi connectivity index (χ2v) is 7.61. The number of sulfonamides is 1. The van der Waals surface area contributed by atoms with Crippen LogP contribution >= 0.6 is 0 Å². The van der Waals surface area contributed by atoms with Gasteiger partial charge in [-0.15, -0.1) is 0 Å². The molecule has 2 N–H and O–H groups in total. The monoisotopic (exact) mass is 399 g/mol. The van der Waals surface area contributed by atoms with Crippen molar-refractivity contribution in [2.45, 2.75) is 25.7 Å². The number of hydrogen-bond acceptors (Lipinski definition) is 6. The van der Waals surface area contributed by atoms with Gasteiger partial charge in [0.05, 0.1) is 22.9 Å². The van der Waals surface area contributed by atoms with E-state index in [1.165, 1.54) is 6.20 Å². The summed E-state index contributed by atoms with van der Waals surface area (Å²) in [6.07, 6.45) is 1.18. The fourth-order valence-corrected chi connectivity index (χ4v) is 3.80. The first-order valence-corrected chi connectivity index (χ1v) is 10.00. The summed E-state index contributed by atoms with van der Waals surface area (Å²) in [5, 5.41) is 11.9. The van der Waals surface area contributed by atoms with Crippen molar-refractivity contribution < 1.29 is 17.9 Å². The van der Waals surface area contributed by atoms with Gasteiger partial charge >= 0.3 is 5.97 Å². The number of aryl methyl sites for hydroxylation is 2. The quantitative estimate of drug-likeness (QED) is 0.419. The number of carbonyl (C=O) groups is 1. The summed E-state index contributed by atoms with van der Waals surface area (Å²) in [7, 11) is -3.83. The van der Waals surface area contributed by atoms with E-state index in [9.17, 15) is 13.2 Å². The summed E-state index contributed by atoms with van der Waals surface area (Å²) < 4.78 is 33.0. The molecule has 0 aromatic heterocycles. The van der Waals surface area contributed by atoms with Crippen molar-refractivity contribution in [1.29, 1.82) is 5.26 Å². The maximum Gasteiger partial charge on any atom is 0.350 e. The lowest BCUT2D eigenvalue weighted by molar-refractivity contribution is -0.138. The molecule has 2 aromatic carbocycles. The number of hydrogen-bond donors (Lipinski definition) is 2. The molecule has 0 fully saturated rings. The Morgan fingerprint density at radius 1 is 1.18 bits per heavy atom. The highest BCUT2D eigenvalue weighted by Gasteiger charge is 2.18. The van der Waals surface area contributed by atoms with Crippen LogP contribution in [0.5, 0.6) is 0 Å². The Morgan fingerprint density at radius 2 is 1.86 bits per heavy atom. The number of para-hydroxylation sites is 2. The molecule has 7 nitrogen and oxygen atoms in total. The number of esters is 1. The third-order valence-corrected chi connectivity index (χ3v) is 5.30. The van der Waals surface area contributed by atoms with Gasteiger partial charge in [-0.25, -0.2) is 13.2 Å². The SMILES string of the molecule is CCOC(=O)/C(C#N)=C/Nc1ccccc1NS(=O)(=O)c1cc(C)ccc1C. The van der Waals surface area contributed by atoms with Gasteiger partial charge in [0.15, 0.2) is 5.57 Å². The first-order chi connectivity index (χ1) is 13.3. The Morgan fingerprint density at radius 3 is 2.50 bits per heavy atom. The molecular formula is C20H21N3O4S. The molecule has 28 heavy (non-hydrogen) atoms. The molecule has 2 aromatic rings. The summed E-state index contributed by atoms with van der Waals surface area (Å²) in [5.41, 5.74) is 1.88. The summed E-state index contributed by atoms with van der Waals surface area (Å²) in [6.45, 7) is 5.32. The standard InChI is InChI=1S/C20H21N3O4S/c1-4-27-20(24)16(12-21)13-22-17-7-5-6-8-18(17)23-28(25,26)19-11-14(2)9-10-15(19)3/h5-11,13,22-23H,4H2,1-3H3/b16-13+. The second-order valence-electron chi connectivity index (χ2n) is 5.95. The first-order valence-electron chi connectivity index (χ1n) is 8.51. The third kappa shape index (κ3) is 5.11. The lowest BCUT2D eigenvalue weighted by Gasteiger charge is -2.14. The molecular weight excluding hydrogens is 378 g/mol. The molecule has 0 amide bonds. The van der Waals surface area contributed by atoms with E-state index in [-0.39, 0.29) is 22.8 Å². The van der Waals surface area contributed by atoms with Crippen LogP contribution in [-0.4, -0.2) is 21.0 Å². The molecule has 0 bridgehead atoms. The van der Waals surface area contributed by atoms with Crippen molar-refractivity contribution >= 4 is 27.4 Å². The van der Waals surface area contributed by atoms with Gasteiger partial charge in [0.1, 0.15) is 6.07 Å². The van der Waals surface area contributed by atoms with Gasteiger partial charge in [-0.05, 0) is 50.1 Å². The lowest BCUT2D eigenvalue weighted by atomic mass is 10.2. The van der Waals surface area contributed by atoms with Crippen molar-refractivity contribution in [2.75, 3.05) is 16.6 Å². The summed E-state index contributed by atoms with van der Waals surface area (Å²) in [6, 6.07) is 13.5. The molecule has 2 rings (SSSR count). The first kappa shape index (κ1) is 21.0. The number of nitrogens with zero attached hydrogens (tertiary/aromatic N) is 1. The van der Waals surface area contributed by atoms with Crippen LogP contribution in [0.2, 0.25) is 0 Å². The topological polar surface area (TPSA) is 108 Å². The number of rotatable bonds is 7. The summed E-state index contributed by atoms with van der Waals surface area (Å²) >= 11 is 0. The van der Waals surface area contributed by atoms with Crippen LogP contribution in [0.25, 0.3) is 0 Å². The number of carbonyl (C=O) groups excluding carboxylic acids is 1. The fraction of sp³-hybridized carbons (Fsp3) is 0.200. The van der Waals surface area contributed by atoms with E-state index < -0.39 is 16.0 Å². The normalized spacial score (nSPS) is 11.4. The van der Waals surface area contributed by atoms with Crippen LogP contribution in [0.4, 0.5) is 11.4 Å². The molecule has 0 atom stereocenters. The molecule has 0 spiro atoms. The highest BCUT2D eigenvalue weighted by Crippen LogP contribution is 2.26. The maximum atomic E-state index is 12.8. The predicted molar refractivity (Wildman–Crippen MR) is 107 cm³/mol. The van der Waals surface area contributed by atoms with E-state index in [2.05, 4.69) is 10.0 Å². The van der Waals surface area contributed by atoms with Gasteiger partial charge in [-0.3, -0.25) is 4.72 Å². The van der Waals surface area contributed by atoms with Gasteiger partial charge in [0, 0.05) is 6.20 Å². The molecule has 0 saturated heterocycles. The Bertz CT molecular complexity index is 1050. The van der Waals surface area contributed by atoms with Crippen molar-refractivity contribution in [2.24, 2.45) is 0 Å². The number of anilines is 2. The second kappa shape index (κ2) is 9.06. The van der Waals surface area contributed by atoms with Crippen molar-refractivity contribution in [1.82, 2.24) is 0 Å². The van der Waals surface area contributed by atoms with Gasteiger partial charge < -0.3 is 10.1 Å². The smallest absolute Gasteiger partial charge is 0.350 e.